The van der Waals surface area contributed by atoms with Gasteiger partial charge in [0.1, 0.15) is 5.56 Å². The summed E-state index contributed by atoms with van der Waals surface area (Å²) in [4.78, 5) is 23.2. The van der Waals surface area contributed by atoms with Crippen molar-refractivity contribution in [3.63, 3.8) is 0 Å². The summed E-state index contributed by atoms with van der Waals surface area (Å²) in [5.41, 5.74) is -3.84. The molecule has 0 bridgehead atoms. The molecule has 0 unspecified atom stereocenters. The lowest BCUT2D eigenvalue weighted by atomic mass is 10.1. The Morgan fingerprint density at radius 1 is 1.04 bits per heavy atom. The Morgan fingerprint density at radius 3 is 2.00 bits per heavy atom. The van der Waals surface area contributed by atoms with Crippen molar-refractivity contribution in [1.82, 2.24) is 9.78 Å². The van der Waals surface area contributed by atoms with Crippen molar-refractivity contribution in [2.45, 2.75) is 19.3 Å². The second-order valence-corrected chi connectivity index (χ2v) is 4.62. The molecule has 1 heterocycles. The molecule has 0 aliphatic heterocycles. The summed E-state index contributed by atoms with van der Waals surface area (Å²) >= 11 is 0. The van der Waals surface area contributed by atoms with Crippen LogP contribution < -0.4 is 5.56 Å². The zero-order chi connectivity index (χ0) is 17.6. The first-order valence-corrected chi connectivity index (χ1v) is 6.03. The molecule has 1 aromatic heterocycles. The van der Waals surface area contributed by atoms with E-state index in [1.807, 2.05) is 0 Å². The topological polar surface area (TPSA) is 54.9 Å². The van der Waals surface area contributed by atoms with Crippen LogP contribution in [0.15, 0.2) is 29.1 Å². The molecule has 0 aliphatic rings. The molecule has 1 aromatic carbocycles. The van der Waals surface area contributed by atoms with Crippen molar-refractivity contribution in [3.8, 4) is 5.69 Å². The summed E-state index contributed by atoms with van der Waals surface area (Å²) < 4.78 is 75.3. The SMILES string of the molecule is Cc1[nH]n(-c2ccc(C(F)(F)F)cc2)c(=O)c1C(=O)C(F)(F)F. The smallest absolute Gasteiger partial charge is 0.295 e. The van der Waals surface area contributed by atoms with Gasteiger partial charge in [-0.1, -0.05) is 0 Å². The van der Waals surface area contributed by atoms with Gasteiger partial charge in [0.25, 0.3) is 11.3 Å². The average Bonchev–Trinajstić information content (AvgIpc) is 2.71. The average molecular weight is 338 g/mol. The van der Waals surface area contributed by atoms with Crippen LogP contribution in [0.4, 0.5) is 26.3 Å². The van der Waals surface area contributed by atoms with Gasteiger partial charge in [-0.05, 0) is 31.2 Å². The number of halogens is 6. The highest BCUT2D eigenvalue weighted by Gasteiger charge is 2.42. The van der Waals surface area contributed by atoms with Gasteiger partial charge in [0, 0.05) is 5.69 Å². The summed E-state index contributed by atoms with van der Waals surface area (Å²) in [7, 11) is 0. The van der Waals surface area contributed by atoms with Crippen molar-refractivity contribution in [1.29, 1.82) is 0 Å². The maximum atomic E-state index is 12.5. The number of rotatable bonds is 2. The number of aromatic amines is 1. The molecular weight excluding hydrogens is 330 g/mol. The van der Waals surface area contributed by atoms with E-state index in [1.165, 1.54) is 0 Å². The van der Waals surface area contributed by atoms with E-state index in [0.717, 1.165) is 19.1 Å². The number of H-pyrrole nitrogens is 1. The van der Waals surface area contributed by atoms with Crippen molar-refractivity contribution in [2.75, 3.05) is 0 Å². The van der Waals surface area contributed by atoms with Gasteiger partial charge in [0.05, 0.1) is 11.3 Å². The summed E-state index contributed by atoms with van der Waals surface area (Å²) in [6, 6.07) is 3.15. The molecule has 2 aromatic rings. The van der Waals surface area contributed by atoms with Crippen LogP contribution in [0.1, 0.15) is 21.6 Å². The number of aryl methyl sites for hydroxylation is 1. The Labute approximate surface area is 124 Å². The molecule has 0 spiro atoms. The van der Waals surface area contributed by atoms with Crippen LogP contribution >= 0.6 is 0 Å². The number of nitrogens with one attached hydrogen (secondary N) is 1. The van der Waals surface area contributed by atoms with Crippen LogP contribution in [0.25, 0.3) is 5.69 Å². The number of nitrogens with zero attached hydrogens (tertiary/aromatic N) is 1. The fraction of sp³-hybridized carbons (Fsp3) is 0.231. The Bertz CT molecular complexity index is 796. The summed E-state index contributed by atoms with van der Waals surface area (Å²) in [6.45, 7) is 1.08. The number of hydrogen-bond acceptors (Lipinski definition) is 2. The summed E-state index contributed by atoms with van der Waals surface area (Å²) in [5.74, 6) is -2.32. The first-order valence-electron chi connectivity index (χ1n) is 6.03. The maximum absolute atomic E-state index is 12.5. The fourth-order valence-electron chi connectivity index (χ4n) is 1.94. The lowest BCUT2D eigenvalue weighted by Crippen LogP contribution is -2.29. The van der Waals surface area contributed by atoms with Gasteiger partial charge in [-0.2, -0.15) is 26.3 Å². The third-order valence-electron chi connectivity index (χ3n) is 3.01. The van der Waals surface area contributed by atoms with Crippen molar-refractivity contribution < 1.29 is 31.1 Å². The third kappa shape index (κ3) is 3.15. The van der Waals surface area contributed by atoms with E-state index in [4.69, 9.17) is 0 Å². The minimum absolute atomic E-state index is 0.132. The molecule has 10 heteroatoms. The van der Waals surface area contributed by atoms with E-state index in [1.54, 1.807) is 0 Å². The van der Waals surface area contributed by atoms with E-state index in [0.29, 0.717) is 16.8 Å². The summed E-state index contributed by atoms with van der Waals surface area (Å²) in [6.07, 6.45) is -9.82. The Morgan fingerprint density at radius 2 is 1.57 bits per heavy atom. The molecule has 0 fully saturated rings. The number of benzene rings is 1. The van der Waals surface area contributed by atoms with E-state index in [9.17, 15) is 35.9 Å². The Balaban J connectivity index is 2.51. The minimum atomic E-state index is -5.23. The quantitative estimate of drug-likeness (QED) is 0.675. The largest absolute Gasteiger partial charge is 0.455 e. The van der Waals surface area contributed by atoms with E-state index < -0.39 is 34.8 Å². The summed E-state index contributed by atoms with van der Waals surface area (Å²) in [5, 5.41) is 2.24. The van der Waals surface area contributed by atoms with Crippen LogP contribution in [0.5, 0.6) is 0 Å². The predicted molar refractivity (Wildman–Crippen MR) is 66.5 cm³/mol. The van der Waals surface area contributed by atoms with Crippen LogP contribution in [-0.4, -0.2) is 21.7 Å². The number of Topliss-reactive ketones (excluding diaryl/α,β-unsaturated/α-hetero) is 1. The molecule has 0 saturated carbocycles. The molecule has 23 heavy (non-hydrogen) atoms. The molecule has 4 nitrogen and oxygen atoms in total. The second kappa shape index (κ2) is 5.28. The fourth-order valence-corrected chi connectivity index (χ4v) is 1.94. The minimum Gasteiger partial charge on any atom is -0.295 e. The lowest BCUT2D eigenvalue weighted by Gasteiger charge is -2.07. The normalized spacial score (nSPS) is 12.5. The lowest BCUT2D eigenvalue weighted by molar-refractivity contribution is -0.137. The zero-order valence-electron chi connectivity index (χ0n) is 11.3. The molecular formula is C13H8F6N2O2. The Kier molecular flexibility index (Phi) is 3.87. The number of alkyl halides is 6. The van der Waals surface area contributed by atoms with Crippen LogP contribution in [-0.2, 0) is 6.18 Å². The van der Waals surface area contributed by atoms with Gasteiger partial charge in [-0.15, -0.1) is 0 Å². The van der Waals surface area contributed by atoms with Gasteiger partial charge in [0.15, 0.2) is 0 Å². The van der Waals surface area contributed by atoms with E-state index >= 15 is 0 Å². The number of ketones is 1. The van der Waals surface area contributed by atoms with Gasteiger partial charge in [-0.3, -0.25) is 14.7 Å². The molecule has 0 aliphatic carbocycles. The van der Waals surface area contributed by atoms with Crippen molar-refractivity contribution >= 4 is 5.78 Å². The third-order valence-corrected chi connectivity index (χ3v) is 3.01. The van der Waals surface area contributed by atoms with Gasteiger partial charge < -0.3 is 0 Å². The van der Waals surface area contributed by atoms with Gasteiger partial charge in [-0.25, -0.2) is 4.68 Å². The van der Waals surface area contributed by atoms with Gasteiger partial charge in [0.2, 0.25) is 0 Å². The molecule has 0 atom stereocenters. The standard InChI is InChI=1S/C13H8F6N2O2/c1-6-9(10(22)13(17,18)19)11(23)21(20-6)8-4-2-7(3-5-8)12(14,15)16/h2-5,20H,1H3. The van der Waals surface area contributed by atoms with Crippen LogP contribution in [0.3, 0.4) is 0 Å². The molecule has 0 radical (unpaired) electrons. The zero-order valence-corrected chi connectivity index (χ0v) is 11.3. The first-order chi connectivity index (χ1) is 10.4. The van der Waals surface area contributed by atoms with Crippen molar-refractivity contribution in [2.24, 2.45) is 0 Å². The maximum Gasteiger partial charge on any atom is 0.455 e. The van der Waals surface area contributed by atoms with E-state index in [2.05, 4.69) is 5.10 Å². The van der Waals surface area contributed by atoms with Crippen LogP contribution in [0, 0.1) is 6.92 Å². The van der Waals surface area contributed by atoms with Crippen molar-refractivity contribution in [3.05, 3.63) is 51.4 Å². The molecule has 0 saturated heterocycles. The Hall–Kier alpha value is -2.52. The highest BCUT2D eigenvalue weighted by Crippen LogP contribution is 2.29. The molecule has 2 rings (SSSR count). The second-order valence-electron chi connectivity index (χ2n) is 4.62. The predicted octanol–water partition coefficient (Wildman–Crippen LogP) is 3.24. The van der Waals surface area contributed by atoms with Crippen LogP contribution in [0.2, 0.25) is 0 Å². The molecule has 124 valence electrons. The molecule has 0 amide bonds. The van der Waals surface area contributed by atoms with E-state index in [-0.39, 0.29) is 11.4 Å². The number of carbonyl (C=O) groups excluding carboxylic acids is 1. The monoisotopic (exact) mass is 338 g/mol. The number of hydrogen-bond donors (Lipinski definition) is 1. The molecule has 1 N–H and O–H groups in total. The highest BCUT2D eigenvalue weighted by molar-refractivity contribution is 6.00. The first kappa shape index (κ1) is 16.8. The highest BCUT2D eigenvalue weighted by atomic mass is 19.4. The number of aromatic nitrogens is 2. The van der Waals surface area contributed by atoms with Gasteiger partial charge >= 0.3 is 12.4 Å². The number of carbonyl (C=O) groups is 1.